The van der Waals surface area contributed by atoms with E-state index >= 15 is 0 Å². The molecule has 126 valence electrons. The van der Waals surface area contributed by atoms with Crippen LogP contribution < -0.4 is 0 Å². The Balaban J connectivity index is 1.48. The van der Waals surface area contributed by atoms with E-state index in [1.807, 2.05) is 36.2 Å². The number of carbonyl (C=O) groups excluding carboxylic acids is 1. The quantitative estimate of drug-likeness (QED) is 0.812. The van der Waals surface area contributed by atoms with Crippen LogP contribution in [0, 0.1) is 5.92 Å². The molecule has 0 saturated heterocycles. The molecule has 2 aliphatic rings. The van der Waals surface area contributed by atoms with Gasteiger partial charge < -0.3 is 9.32 Å². The van der Waals surface area contributed by atoms with E-state index in [0.717, 1.165) is 42.3 Å². The van der Waals surface area contributed by atoms with Gasteiger partial charge in [-0.05, 0) is 42.9 Å². The number of rotatable bonds is 5. The smallest absolute Gasteiger partial charge is 0.233 e. The summed E-state index contributed by atoms with van der Waals surface area (Å²) in [7, 11) is 1.90. The number of benzene rings is 1. The zero-order valence-electron chi connectivity index (χ0n) is 14.5. The van der Waals surface area contributed by atoms with Crippen LogP contribution in [0.1, 0.15) is 55.6 Å². The summed E-state index contributed by atoms with van der Waals surface area (Å²) in [5.41, 5.74) is 0.830. The maximum absolute atomic E-state index is 13.1. The Labute approximate surface area is 143 Å². The van der Waals surface area contributed by atoms with Crippen molar-refractivity contribution in [2.45, 2.75) is 50.5 Å². The Bertz CT molecular complexity index is 729. The van der Waals surface area contributed by atoms with Crippen molar-refractivity contribution in [3.63, 3.8) is 0 Å². The number of hydrogen-bond acceptors (Lipinski definition) is 2. The molecular formula is C21H25NO2. The first-order valence-corrected chi connectivity index (χ1v) is 9.00. The molecule has 0 bridgehead atoms. The van der Waals surface area contributed by atoms with Gasteiger partial charge in [-0.25, -0.2) is 0 Å². The third kappa shape index (κ3) is 2.56. The van der Waals surface area contributed by atoms with Crippen LogP contribution in [0.15, 0.2) is 46.9 Å². The molecule has 4 rings (SSSR count). The summed E-state index contributed by atoms with van der Waals surface area (Å²) in [5.74, 6) is 3.52. The number of furan rings is 1. The van der Waals surface area contributed by atoms with Crippen LogP contribution in [0.4, 0.5) is 0 Å². The van der Waals surface area contributed by atoms with Crippen molar-refractivity contribution in [3.05, 3.63) is 59.5 Å². The summed E-state index contributed by atoms with van der Waals surface area (Å²) in [6, 6.07) is 14.3. The Kier molecular flexibility index (Phi) is 3.75. The maximum Gasteiger partial charge on any atom is 0.233 e. The summed E-state index contributed by atoms with van der Waals surface area (Å²) in [6.07, 6.45) is 4.24. The van der Waals surface area contributed by atoms with Gasteiger partial charge in [0.05, 0.1) is 12.0 Å². The first-order chi connectivity index (χ1) is 11.6. The number of amides is 1. The number of nitrogens with zero attached hydrogens (tertiary/aromatic N) is 1. The highest BCUT2D eigenvalue weighted by molar-refractivity contribution is 5.89. The molecule has 2 saturated carbocycles. The van der Waals surface area contributed by atoms with Gasteiger partial charge in [0.1, 0.15) is 11.5 Å². The van der Waals surface area contributed by atoms with Gasteiger partial charge in [-0.2, -0.15) is 0 Å². The van der Waals surface area contributed by atoms with Gasteiger partial charge >= 0.3 is 0 Å². The molecule has 2 unspecified atom stereocenters. The molecule has 2 aromatic rings. The van der Waals surface area contributed by atoms with Crippen LogP contribution in [-0.4, -0.2) is 17.9 Å². The molecule has 3 nitrogen and oxygen atoms in total. The molecule has 2 fully saturated rings. The molecule has 2 atom stereocenters. The molecule has 1 aromatic carbocycles. The van der Waals surface area contributed by atoms with Crippen molar-refractivity contribution in [3.8, 4) is 0 Å². The average molecular weight is 323 g/mol. The highest BCUT2D eigenvalue weighted by Crippen LogP contribution is 2.48. The van der Waals surface area contributed by atoms with Gasteiger partial charge in [0.15, 0.2) is 0 Å². The van der Waals surface area contributed by atoms with Crippen LogP contribution >= 0.6 is 0 Å². The fraction of sp³-hybridized carbons (Fsp3) is 0.476. The van der Waals surface area contributed by atoms with E-state index in [1.165, 1.54) is 6.42 Å². The summed E-state index contributed by atoms with van der Waals surface area (Å²) >= 11 is 0. The number of likely N-dealkylation sites (N-methyl/N-ethyl adjacent to an activating group) is 1. The molecule has 0 aliphatic heterocycles. The minimum absolute atomic E-state index is 0.220. The SMILES string of the molecule is CC1CC1c1ccc(CN(C)C(=O)C2(c3ccccc3)CCC2)o1. The number of hydrogen-bond donors (Lipinski definition) is 0. The van der Waals surface area contributed by atoms with Crippen molar-refractivity contribution in [2.75, 3.05) is 7.05 Å². The monoisotopic (exact) mass is 323 g/mol. The van der Waals surface area contributed by atoms with E-state index in [2.05, 4.69) is 25.1 Å². The maximum atomic E-state index is 13.1. The van der Waals surface area contributed by atoms with Crippen molar-refractivity contribution in [2.24, 2.45) is 5.92 Å². The standard InChI is InChI=1S/C21H25NO2/c1-15-13-18(15)19-10-9-17(24-19)14-22(2)20(23)21(11-6-12-21)16-7-4-3-5-8-16/h3-5,7-10,15,18H,6,11-14H2,1-2H3. The van der Waals surface area contributed by atoms with Crippen LogP contribution in [0.2, 0.25) is 0 Å². The number of carbonyl (C=O) groups is 1. The Morgan fingerprint density at radius 1 is 1.21 bits per heavy atom. The normalized spacial score (nSPS) is 24.2. The summed E-state index contributed by atoms with van der Waals surface area (Å²) in [5, 5.41) is 0. The Hall–Kier alpha value is -2.03. The second-order valence-electron chi connectivity index (χ2n) is 7.59. The van der Waals surface area contributed by atoms with E-state index in [9.17, 15) is 4.79 Å². The molecule has 0 spiro atoms. The van der Waals surface area contributed by atoms with Crippen molar-refractivity contribution in [1.82, 2.24) is 4.90 Å². The summed E-state index contributed by atoms with van der Waals surface area (Å²) in [4.78, 5) is 15.0. The lowest BCUT2D eigenvalue weighted by atomic mass is 9.63. The van der Waals surface area contributed by atoms with E-state index < -0.39 is 0 Å². The zero-order valence-corrected chi connectivity index (χ0v) is 14.5. The van der Waals surface area contributed by atoms with Gasteiger partial charge in [0, 0.05) is 13.0 Å². The summed E-state index contributed by atoms with van der Waals surface area (Å²) in [6.45, 7) is 2.80. The lowest BCUT2D eigenvalue weighted by molar-refractivity contribution is -0.140. The highest BCUT2D eigenvalue weighted by Gasteiger charge is 2.47. The molecule has 1 heterocycles. The highest BCUT2D eigenvalue weighted by atomic mass is 16.3. The van der Waals surface area contributed by atoms with E-state index in [1.54, 1.807) is 0 Å². The van der Waals surface area contributed by atoms with Gasteiger partial charge in [0.2, 0.25) is 5.91 Å². The van der Waals surface area contributed by atoms with Crippen molar-refractivity contribution in [1.29, 1.82) is 0 Å². The third-order valence-corrected chi connectivity index (χ3v) is 5.84. The van der Waals surface area contributed by atoms with Gasteiger partial charge in [-0.1, -0.05) is 43.7 Å². The largest absolute Gasteiger partial charge is 0.464 e. The van der Waals surface area contributed by atoms with E-state index in [4.69, 9.17) is 4.42 Å². The Morgan fingerprint density at radius 3 is 2.50 bits per heavy atom. The molecule has 0 N–H and O–H groups in total. The molecule has 2 aliphatic carbocycles. The van der Waals surface area contributed by atoms with Crippen LogP contribution in [0.25, 0.3) is 0 Å². The minimum Gasteiger partial charge on any atom is -0.464 e. The molecule has 3 heteroatoms. The van der Waals surface area contributed by atoms with Crippen molar-refractivity contribution < 1.29 is 9.21 Å². The second-order valence-corrected chi connectivity index (χ2v) is 7.59. The van der Waals surface area contributed by atoms with Crippen LogP contribution in [-0.2, 0) is 16.8 Å². The molecule has 24 heavy (non-hydrogen) atoms. The van der Waals surface area contributed by atoms with Crippen molar-refractivity contribution >= 4 is 5.91 Å². The first-order valence-electron chi connectivity index (χ1n) is 9.00. The predicted octanol–water partition coefficient (Wildman–Crippen LogP) is 4.48. The van der Waals surface area contributed by atoms with Crippen LogP contribution in [0.3, 0.4) is 0 Å². The van der Waals surface area contributed by atoms with Crippen LogP contribution in [0.5, 0.6) is 0 Å². The topological polar surface area (TPSA) is 33.5 Å². The van der Waals surface area contributed by atoms with E-state index in [0.29, 0.717) is 12.5 Å². The Morgan fingerprint density at radius 2 is 1.92 bits per heavy atom. The molecule has 1 aromatic heterocycles. The fourth-order valence-corrected chi connectivity index (χ4v) is 3.98. The second kappa shape index (κ2) is 5.80. The summed E-state index contributed by atoms with van der Waals surface area (Å²) < 4.78 is 5.97. The van der Waals surface area contributed by atoms with E-state index in [-0.39, 0.29) is 11.3 Å². The first kappa shape index (κ1) is 15.5. The molecule has 1 amide bonds. The third-order valence-electron chi connectivity index (χ3n) is 5.84. The lowest BCUT2D eigenvalue weighted by Crippen LogP contribution is -2.49. The van der Waals surface area contributed by atoms with Gasteiger partial charge in [-0.3, -0.25) is 4.79 Å². The lowest BCUT2D eigenvalue weighted by Gasteiger charge is -2.43. The van der Waals surface area contributed by atoms with Gasteiger partial charge in [0.25, 0.3) is 0 Å². The molecular weight excluding hydrogens is 298 g/mol. The minimum atomic E-state index is -0.323. The molecule has 0 radical (unpaired) electrons. The fourth-order valence-electron chi connectivity index (χ4n) is 3.98. The zero-order chi connectivity index (χ0) is 16.7. The van der Waals surface area contributed by atoms with Gasteiger partial charge in [-0.15, -0.1) is 0 Å². The predicted molar refractivity (Wildman–Crippen MR) is 93.7 cm³/mol. The average Bonchev–Trinajstić information content (AvgIpc) is 3.09.